The minimum atomic E-state index is -0.147. The third-order valence-corrected chi connectivity index (χ3v) is 6.58. The normalized spacial score (nSPS) is 15.2. The number of nitrogens with zero attached hydrogens (tertiary/aromatic N) is 3. The molecule has 0 bridgehead atoms. The zero-order valence-corrected chi connectivity index (χ0v) is 20.7. The fourth-order valence-electron chi connectivity index (χ4n) is 4.64. The molecule has 1 aliphatic rings. The van der Waals surface area contributed by atoms with Crippen LogP contribution in [0, 0.1) is 11.8 Å². The van der Waals surface area contributed by atoms with Gasteiger partial charge in [-0.2, -0.15) is 0 Å². The van der Waals surface area contributed by atoms with E-state index in [1.807, 2.05) is 38.1 Å². The predicted octanol–water partition coefficient (Wildman–Crippen LogP) is 4.59. The second-order valence-electron chi connectivity index (χ2n) is 9.84. The van der Waals surface area contributed by atoms with E-state index in [1.165, 1.54) is 32.4 Å². The van der Waals surface area contributed by atoms with Gasteiger partial charge in [0, 0.05) is 12.0 Å². The summed E-state index contributed by atoms with van der Waals surface area (Å²) in [7, 11) is 3.80. The molecule has 0 aliphatic carbocycles. The zero-order valence-electron chi connectivity index (χ0n) is 20.7. The fourth-order valence-corrected chi connectivity index (χ4v) is 4.64. The first-order chi connectivity index (χ1) is 15.9. The number of methoxy groups -OCH3 is 1. The number of ether oxygens (including phenoxy) is 1. The number of unbranched alkanes of at least 4 members (excludes halogenated alkanes) is 1. The maximum absolute atomic E-state index is 13.4. The summed E-state index contributed by atoms with van der Waals surface area (Å²) in [6.07, 6.45) is 8.68. The fraction of sp³-hybridized carbons (Fsp3) is 0.593. The van der Waals surface area contributed by atoms with Gasteiger partial charge in [0.25, 0.3) is 5.56 Å². The van der Waals surface area contributed by atoms with Gasteiger partial charge < -0.3 is 9.64 Å². The molecule has 2 heterocycles. The van der Waals surface area contributed by atoms with Gasteiger partial charge in [0.05, 0.1) is 25.5 Å². The lowest BCUT2D eigenvalue weighted by molar-refractivity contribution is -0.120. The van der Waals surface area contributed by atoms with E-state index in [1.54, 1.807) is 17.9 Å². The number of aromatic nitrogens is 2. The Balaban J connectivity index is 1.75. The molecule has 2 aromatic rings. The van der Waals surface area contributed by atoms with Crippen LogP contribution in [0.3, 0.4) is 0 Å². The van der Waals surface area contributed by atoms with Crippen LogP contribution >= 0.6 is 0 Å². The lowest BCUT2D eigenvalue weighted by atomic mass is 9.91. The average Bonchev–Trinajstić information content (AvgIpc) is 2.79. The SMILES string of the molecule is COc1cccc(-c2cnc(CCCCC3CCN(C)CC3)c(=O)n2CC(=O)CC(C)C)c1. The molecule has 1 aromatic heterocycles. The number of rotatable bonds is 11. The summed E-state index contributed by atoms with van der Waals surface area (Å²) in [6.45, 7) is 6.49. The van der Waals surface area contributed by atoms with Crippen molar-refractivity contribution in [3.8, 4) is 17.0 Å². The second kappa shape index (κ2) is 12.1. The molecule has 1 fully saturated rings. The second-order valence-corrected chi connectivity index (χ2v) is 9.84. The van der Waals surface area contributed by atoms with E-state index in [9.17, 15) is 9.59 Å². The van der Waals surface area contributed by atoms with Crippen LogP contribution in [0.15, 0.2) is 35.3 Å². The van der Waals surface area contributed by atoms with Crippen molar-refractivity contribution in [2.24, 2.45) is 11.8 Å². The molecule has 1 aromatic carbocycles. The van der Waals surface area contributed by atoms with Crippen molar-refractivity contribution < 1.29 is 9.53 Å². The Bertz CT molecular complexity index is 975. The summed E-state index contributed by atoms with van der Waals surface area (Å²) in [5.74, 6) is 1.83. The molecule has 0 spiro atoms. The summed E-state index contributed by atoms with van der Waals surface area (Å²) in [6, 6.07) is 7.54. The van der Waals surface area contributed by atoms with Crippen LogP contribution in [0.5, 0.6) is 5.75 Å². The molecule has 3 rings (SSSR count). The van der Waals surface area contributed by atoms with E-state index in [2.05, 4.69) is 16.9 Å². The van der Waals surface area contributed by atoms with Crippen LogP contribution in [0.2, 0.25) is 0 Å². The maximum Gasteiger partial charge on any atom is 0.273 e. The molecule has 6 nitrogen and oxygen atoms in total. The Morgan fingerprint density at radius 3 is 2.67 bits per heavy atom. The lowest BCUT2D eigenvalue weighted by Crippen LogP contribution is -2.30. The van der Waals surface area contributed by atoms with Gasteiger partial charge in [0.1, 0.15) is 11.4 Å². The number of likely N-dealkylation sites (tertiary alicyclic amines) is 1. The molecule has 0 amide bonds. The molecule has 180 valence electrons. The van der Waals surface area contributed by atoms with E-state index >= 15 is 0 Å². The van der Waals surface area contributed by atoms with Gasteiger partial charge in [-0.1, -0.05) is 38.8 Å². The Morgan fingerprint density at radius 1 is 1.21 bits per heavy atom. The van der Waals surface area contributed by atoms with Crippen LogP contribution in [-0.2, 0) is 17.8 Å². The highest BCUT2D eigenvalue weighted by Gasteiger charge is 2.18. The molecule has 1 aliphatic heterocycles. The van der Waals surface area contributed by atoms with Gasteiger partial charge in [-0.3, -0.25) is 19.1 Å². The number of Topliss-reactive ketones (excluding diaryl/α,β-unsaturated/α-hetero) is 1. The zero-order chi connectivity index (χ0) is 23.8. The molecule has 1 saturated heterocycles. The van der Waals surface area contributed by atoms with E-state index < -0.39 is 0 Å². The molecular weight excluding hydrogens is 414 g/mol. The van der Waals surface area contributed by atoms with Gasteiger partial charge in [-0.05, 0) is 69.8 Å². The highest BCUT2D eigenvalue weighted by Crippen LogP contribution is 2.24. The molecular formula is C27H39N3O3. The Labute approximate surface area is 198 Å². The third-order valence-electron chi connectivity index (χ3n) is 6.58. The quantitative estimate of drug-likeness (QED) is 0.466. The Morgan fingerprint density at radius 2 is 1.97 bits per heavy atom. The van der Waals surface area contributed by atoms with Crippen LogP contribution in [0.25, 0.3) is 11.3 Å². The van der Waals surface area contributed by atoms with Gasteiger partial charge in [0.2, 0.25) is 0 Å². The number of benzene rings is 1. The monoisotopic (exact) mass is 453 g/mol. The van der Waals surface area contributed by atoms with Crippen LogP contribution in [0.4, 0.5) is 0 Å². The average molecular weight is 454 g/mol. The summed E-state index contributed by atoms with van der Waals surface area (Å²) in [4.78, 5) is 33.0. The van der Waals surface area contributed by atoms with Crippen molar-refractivity contribution in [2.75, 3.05) is 27.2 Å². The lowest BCUT2D eigenvalue weighted by Gasteiger charge is -2.28. The summed E-state index contributed by atoms with van der Waals surface area (Å²) >= 11 is 0. The number of hydrogen-bond acceptors (Lipinski definition) is 5. The van der Waals surface area contributed by atoms with Gasteiger partial charge in [-0.15, -0.1) is 0 Å². The van der Waals surface area contributed by atoms with E-state index in [4.69, 9.17) is 4.74 Å². The van der Waals surface area contributed by atoms with Gasteiger partial charge in [0.15, 0.2) is 5.78 Å². The van der Waals surface area contributed by atoms with Gasteiger partial charge in [-0.25, -0.2) is 0 Å². The number of carbonyl (C=O) groups excluding carboxylic acids is 1. The topological polar surface area (TPSA) is 64.4 Å². The molecule has 33 heavy (non-hydrogen) atoms. The van der Waals surface area contributed by atoms with Crippen LogP contribution < -0.4 is 10.3 Å². The maximum atomic E-state index is 13.4. The molecule has 0 saturated carbocycles. The largest absolute Gasteiger partial charge is 0.497 e. The van der Waals surface area contributed by atoms with Crippen LogP contribution in [0.1, 0.15) is 58.1 Å². The van der Waals surface area contributed by atoms with Crippen molar-refractivity contribution in [2.45, 2.75) is 65.3 Å². The molecule has 0 atom stereocenters. The van der Waals surface area contributed by atoms with E-state index in [0.717, 1.165) is 24.3 Å². The molecule has 0 radical (unpaired) electrons. The third kappa shape index (κ3) is 7.26. The predicted molar refractivity (Wildman–Crippen MR) is 133 cm³/mol. The standard InChI is InChI=1S/C27H39N3O3/c1-20(2)16-23(31)19-30-26(22-9-7-10-24(17-22)33-4)18-28-25(27(30)32)11-6-5-8-21-12-14-29(3)15-13-21/h7,9-10,17-18,20-21H,5-6,8,11-16,19H2,1-4H3. The molecule has 0 unspecified atom stereocenters. The highest BCUT2D eigenvalue weighted by atomic mass is 16.5. The summed E-state index contributed by atoms with van der Waals surface area (Å²) < 4.78 is 6.96. The minimum absolute atomic E-state index is 0.0654. The Hall–Kier alpha value is -2.47. The summed E-state index contributed by atoms with van der Waals surface area (Å²) in [5.41, 5.74) is 1.89. The number of ketones is 1. The minimum Gasteiger partial charge on any atom is -0.497 e. The highest BCUT2D eigenvalue weighted by molar-refractivity contribution is 5.79. The molecule has 0 N–H and O–H groups in total. The smallest absolute Gasteiger partial charge is 0.273 e. The molecule has 6 heteroatoms. The van der Waals surface area contributed by atoms with Crippen LogP contribution in [-0.4, -0.2) is 47.5 Å². The van der Waals surface area contributed by atoms with Crippen molar-refractivity contribution in [1.29, 1.82) is 0 Å². The number of hydrogen-bond donors (Lipinski definition) is 0. The first-order valence-corrected chi connectivity index (χ1v) is 12.3. The number of piperidine rings is 1. The van der Waals surface area contributed by atoms with Gasteiger partial charge >= 0.3 is 0 Å². The number of aryl methyl sites for hydroxylation is 1. The first kappa shape index (κ1) is 25.2. The first-order valence-electron chi connectivity index (χ1n) is 12.3. The van der Waals surface area contributed by atoms with E-state index in [-0.39, 0.29) is 23.8 Å². The Kier molecular flexibility index (Phi) is 9.24. The van der Waals surface area contributed by atoms with E-state index in [0.29, 0.717) is 30.0 Å². The van der Waals surface area contributed by atoms with Crippen molar-refractivity contribution in [1.82, 2.24) is 14.5 Å². The number of carbonyl (C=O) groups is 1. The summed E-state index contributed by atoms with van der Waals surface area (Å²) in [5, 5.41) is 0. The van der Waals surface area contributed by atoms with Crippen molar-refractivity contribution >= 4 is 5.78 Å². The van der Waals surface area contributed by atoms with Crippen molar-refractivity contribution in [3.63, 3.8) is 0 Å². The van der Waals surface area contributed by atoms with Crippen molar-refractivity contribution in [3.05, 3.63) is 46.5 Å².